The van der Waals surface area contributed by atoms with E-state index in [0.717, 1.165) is 31.7 Å². The fourth-order valence-electron chi connectivity index (χ4n) is 3.07. The molecule has 0 saturated heterocycles. The SMILES string of the molecule is CCN(Cc1ccccn1)C1CCc2ccccc2NC1. The van der Waals surface area contributed by atoms with Crippen LogP contribution in [0.4, 0.5) is 5.69 Å². The minimum atomic E-state index is 0.560. The van der Waals surface area contributed by atoms with Crippen LogP contribution >= 0.6 is 0 Å². The van der Waals surface area contributed by atoms with Crippen molar-refractivity contribution in [3.63, 3.8) is 0 Å². The summed E-state index contributed by atoms with van der Waals surface area (Å²) in [5, 5.41) is 3.61. The Labute approximate surface area is 127 Å². The van der Waals surface area contributed by atoms with E-state index >= 15 is 0 Å². The van der Waals surface area contributed by atoms with E-state index in [9.17, 15) is 0 Å². The van der Waals surface area contributed by atoms with E-state index in [0.29, 0.717) is 6.04 Å². The van der Waals surface area contributed by atoms with E-state index in [1.807, 2.05) is 12.3 Å². The summed E-state index contributed by atoms with van der Waals surface area (Å²) in [7, 11) is 0. The molecule has 0 amide bonds. The average molecular weight is 281 g/mol. The Bertz CT molecular complexity index is 541. The van der Waals surface area contributed by atoms with Crippen LogP contribution in [0.1, 0.15) is 24.6 Å². The van der Waals surface area contributed by atoms with Crippen molar-refractivity contribution in [2.24, 2.45) is 0 Å². The highest BCUT2D eigenvalue weighted by Crippen LogP contribution is 2.23. The molecule has 110 valence electrons. The molecule has 21 heavy (non-hydrogen) atoms. The monoisotopic (exact) mass is 281 g/mol. The number of hydrogen-bond acceptors (Lipinski definition) is 3. The number of nitrogens with one attached hydrogen (secondary N) is 1. The molecule has 1 aliphatic heterocycles. The summed E-state index contributed by atoms with van der Waals surface area (Å²) in [6, 6.07) is 15.4. The topological polar surface area (TPSA) is 28.2 Å². The van der Waals surface area contributed by atoms with Crippen molar-refractivity contribution in [2.75, 3.05) is 18.4 Å². The normalized spacial score (nSPS) is 17.9. The second-order valence-corrected chi connectivity index (χ2v) is 5.61. The maximum Gasteiger partial charge on any atom is 0.0544 e. The standard InChI is InChI=1S/C18H23N3/c1-2-21(14-16-8-5-6-12-19-16)17-11-10-15-7-3-4-9-18(15)20-13-17/h3-9,12,17,20H,2,10-11,13-14H2,1H3. The Morgan fingerprint density at radius 3 is 2.86 bits per heavy atom. The van der Waals surface area contributed by atoms with Gasteiger partial charge in [-0.05, 0) is 43.1 Å². The van der Waals surface area contributed by atoms with Crippen LogP contribution < -0.4 is 5.32 Å². The Kier molecular flexibility index (Phi) is 4.51. The van der Waals surface area contributed by atoms with Crippen molar-refractivity contribution in [1.82, 2.24) is 9.88 Å². The van der Waals surface area contributed by atoms with Crippen molar-refractivity contribution in [3.8, 4) is 0 Å². The molecule has 1 aromatic heterocycles. The molecule has 1 aliphatic rings. The number of likely N-dealkylation sites (N-methyl/N-ethyl adjacent to an activating group) is 1. The predicted molar refractivity (Wildman–Crippen MR) is 87.4 cm³/mol. The molecule has 2 heterocycles. The van der Waals surface area contributed by atoms with Crippen molar-refractivity contribution < 1.29 is 0 Å². The number of para-hydroxylation sites is 1. The molecule has 1 unspecified atom stereocenters. The highest BCUT2D eigenvalue weighted by molar-refractivity contribution is 5.52. The molecule has 1 aromatic carbocycles. The van der Waals surface area contributed by atoms with Gasteiger partial charge in [-0.25, -0.2) is 0 Å². The summed E-state index contributed by atoms with van der Waals surface area (Å²) in [4.78, 5) is 6.99. The number of benzene rings is 1. The van der Waals surface area contributed by atoms with Crippen LogP contribution in [0.15, 0.2) is 48.7 Å². The summed E-state index contributed by atoms with van der Waals surface area (Å²) in [6.45, 7) is 5.23. The second-order valence-electron chi connectivity index (χ2n) is 5.61. The molecule has 3 nitrogen and oxygen atoms in total. The fraction of sp³-hybridized carbons (Fsp3) is 0.389. The van der Waals surface area contributed by atoms with E-state index in [-0.39, 0.29) is 0 Å². The number of pyridine rings is 1. The third-order valence-electron chi connectivity index (χ3n) is 4.31. The molecule has 1 N–H and O–H groups in total. The van der Waals surface area contributed by atoms with Gasteiger partial charge in [0.05, 0.1) is 5.69 Å². The lowest BCUT2D eigenvalue weighted by molar-refractivity contribution is 0.195. The van der Waals surface area contributed by atoms with E-state index in [1.165, 1.54) is 17.7 Å². The zero-order chi connectivity index (χ0) is 14.5. The first-order chi connectivity index (χ1) is 10.4. The molecule has 3 heteroatoms. The number of anilines is 1. The van der Waals surface area contributed by atoms with Gasteiger partial charge in [0.2, 0.25) is 0 Å². The Balaban J connectivity index is 1.68. The van der Waals surface area contributed by atoms with Crippen LogP contribution in [-0.4, -0.2) is 29.0 Å². The van der Waals surface area contributed by atoms with Crippen LogP contribution in [0.2, 0.25) is 0 Å². The van der Waals surface area contributed by atoms with Gasteiger partial charge in [0, 0.05) is 31.0 Å². The van der Waals surface area contributed by atoms with Gasteiger partial charge in [-0.1, -0.05) is 31.2 Å². The van der Waals surface area contributed by atoms with Gasteiger partial charge in [-0.3, -0.25) is 9.88 Å². The highest BCUT2D eigenvalue weighted by atomic mass is 15.2. The highest BCUT2D eigenvalue weighted by Gasteiger charge is 2.21. The Morgan fingerprint density at radius 1 is 1.19 bits per heavy atom. The number of fused-ring (bicyclic) bond motifs is 1. The number of aryl methyl sites for hydroxylation is 1. The first-order valence-corrected chi connectivity index (χ1v) is 7.82. The molecular weight excluding hydrogens is 258 g/mol. The van der Waals surface area contributed by atoms with Gasteiger partial charge >= 0.3 is 0 Å². The Hall–Kier alpha value is -1.87. The van der Waals surface area contributed by atoms with Gasteiger partial charge in [-0.2, -0.15) is 0 Å². The summed E-state index contributed by atoms with van der Waals surface area (Å²) in [6.07, 6.45) is 4.22. The number of nitrogens with zero attached hydrogens (tertiary/aromatic N) is 2. The number of hydrogen-bond donors (Lipinski definition) is 1. The molecule has 0 bridgehead atoms. The van der Waals surface area contributed by atoms with Crippen LogP contribution in [0.5, 0.6) is 0 Å². The lowest BCUT2D eigenvalue weighted by atomic mass is 10.0. The van der Waals surface area contributed by atoms with Crippen LogP contribution in [0.25, 0.3) is 0 Å². The molecule has 2 aromatic rings. The third-order valence-corrected chi connectivity index (χ3v) is 4.31. The molecular formula is C18H23N3. The zero-order valence-corrected chi connectivity index (χ0v) is 12.6. The zero-order valence-electron chi connectivity index (χ0n) is 12.6. The number of aromatic nitrogens is 1. The second kappa shape index (κ2) is 6.72. The smallest absolute Gasteiger partial charge is 0.0544 e. The van der Waals surface area contributed by atoms with Gasteiger partial charge in [0.15, 0.2) is 0 Å². The van der Waals surface area contributed by atoms with Crippen molar-refractivity contribution >= 4 is 5.69 Å². The third kappa shape index (κ3) is 3.42. The quantitative estimate of drug-likeness (QED) is 0.931. The van der Waals surface area contributed by atoms with Crippen LogP contribution in [0, 0.1) is 0 Å². The van der Waals surface area contributed by atoms with Gasteiger partial charge in [0.25, 0.3) is 0 Å². The van der Waals surface area contributed by atoms with Gasteiger partial charge in [-0.15, -0.1) is 0 Å². The molecule has 0 saturated carbocycles. The molecule has 0 radical (unpaired) electrons. The van der Waals surface area contributed by atoms with Gasteiger partial charge in [0.1, 0.15) is 0 Å². The van der Waals surface area contributed by atoms with Crippen LogP contribution in [0.3, 0.4) is 0 Å². The lowest BCUT2D eigenvalue weighted by Crippen LogP contribution is -2.39. The molecule has 3 rings (SSSR count). The maximum atomic E-state index is 4.46. The minimum absolute atomic E-state index is 0.560. The van der Waals surface area contributed by atoms with Crippen molar-refractivity contribution in [3.05, 3.63) is 59.9 Å². The van der Waals surface area contributed by atoms with E-state index < -0.39 is 0 Å². The number of rotatable bonds is 4. The average Bonchev–Trinajstić information content (AvgIpc) is 2.76. The minimum Gasteiger partial charge on any atom is -0.383 e. The molecule has 1 atom stereocenters. The summed E-state index contributed by atoms with van der Waals surface area (Å²) >= 11 is 0. The van der Waals surface area contributed by atoms with E-state index in [2.05, 4.69) is 58.5 Å². The van der Waals surface area contributed by atoms with Gasteiger partial charge < -0.3 is 5.32 Å². The predicted octanol–water partition coefficient (Wildman–Crippen LogP) is 3.33. The Morgan fingerprint density at radius 2 is 2.05 bits per heavy atom. The summed E-state index contributed by atoms with van der Waals surface area (Å²) in [5.74, 6) is 0. The van der Waals surface area contributed by atoms with E-state index in [1.54, 1.807) is 0 Å². The first-order valence-electron chi connectivity index (χ1n) is 7.82. The fourth-order valence-corrected chi connectivity index (χ4v) is 3.07. The molecule has 0 spiro atoms. The van der Waals surface area contributed by atoms with Crippen molar-refractivity contribution in [2.45, 2.75) is 32.4 Å². The molecule has 0 fully saturated rings. The largest absolute Gasteiger partial charge is 0.383 e. The van der Waals surface area contributed by atoms with E-state index in [4.69, 9.17) is 0 Å². The molecule has 0 aliphatic carbocycles. The lowest BCUT2D eigenvalue weighted by Gasteiger charge is -2.29. The maximum absolute atomic E-state index is 4.46. The van der Waals surface area contributed by atoms with Crippen LogP contribution in [-0.2, 0) is 13.0 Å². The summed E-state index contributed by atoms with van der Waals surface area (Å²) < 4.78 is 0. The van der Waals surface area contributed by atoms with Crippen molar-refractivity contribution in [1.29, 1.82) is 0 Å². The first kappa shape index (κ1) is 14.1. The summed E-state index contributed by atoms with van der Waals surface area (Å²) in [5.41, 5.74) is 3.89.